The van der Waals surface area contributed by atoms with Crippen LogP contribution in [-0.4, -0.2) is 29.3 Å². The number of ether oxygens (including phenoxy) is 1. The van der Waals surface area contributed by atoms with Crippen molar-refractivity contribution in [2.75, 3.05) is 11.9 Å². The van der Waals surface area contributed by atoms with Gasteiger partial charge < -0.3 is 15.0 Å². The summed E-state index contributed by atoms with van der Waals surface area (Å²) in [6.45, 7) is -0.316. The molecule has 1 aromatic carbocycles. The Morgan fingerprint density at radius 1 is 1.18 bits per heavy atom. The number of benzene rings is 1. The van der Waals surface area contributed by atoms with Crippen molar-refractivity contribution in [2.24, 2.45) is 0 Å². The first-order chi connectivity index (χ1) is 10.6. The summed E-state index contributed by atoms with van der Waals surface area (Å²) in [5, 5.41) is 2.76. The number of aromatic amines is 1. The van der Waals surface area contributed by atoms with Crippen molar-refractivity contribution in [3.8, 4) is 0 Å². The van der Waals surface area contributed by atoms with Gasteiger partial charge in [-0.2, -0.15) is 0 Å². The molecule has 0 saturated heterocycles. The van der Waals surface area contributed by atoms with Crippen LogP contribution in [0.3, 0.4) is 0 Å². The molecule has 2 N–H and O–H groups in total. The monoisotopic (exact) mass is 298 g/mol. The minimum absolute atomic E-state index is 0.0218. The Morgan fingerprint density at radius 3 is 2.82 bits per heavy atom. The Balaban J connectivity index is 1.65. The normalized spacial score (nSPS) is 13.2. The van der Waals surface area contributed by atoms with Crippen molar-refractivity contribution in [3.63, 3.8) is 0 Å². The van der Waals surface area contributed by atoms with E-state index in [0.717, 1.165) is 11.3 Å². The van der Waals surface area contributed by atoms with Crippen LogP contribution in [0.2, 0.25) is 0 Å². The third-order valence-electron chi connectivity index (χ3n) is 3.47. The highest BCUT2D eigenvalue weighted by Gasteiger charge is 2.17. The largest absolute Gasteiger partial charge is 0.453 e. The number of hydrogen-bond donors (Lipinski definition) is 2. The van der Waals surface area contributed by atoms with Gasteiger partial charge in [-0.05, 0) is 42.3 Å². The first-order valence-electron chi connectivity index (χ1n) is 6.90. The molecule has 0 saturated carbocycles. The second-order valence-electron chi connectivity index (χ2n) is 5.00. The Hall–Kier alpha value is -2.89. The molecule has 1 amide bonds. The number of hydrogen-bond acceptors (Lipinski definition) is 4. The van der Waals surface area contributed by atoms with Crippen molar-refractivity contribution in [1.82, 2.24) is 4.98 Å². The van der Waals surface area contributed by atoms with Gasteiger partial charge in [0.25, 0.3) is 0 Å². The van der Waals surface area contributed by atoms with Gasteiger partial charge >= 0.3 is 5.97 Å². The van der Waals surface area contributed by atoms with E-state index in [4.69, 9.17) is 4.74 Å². The minimum Gasteiger partial charge on any atom is -0.453 e. The number of Topliss-reactive ketones (excluding diaryl/α,β-unsaturated/α-hetero) is 1. The van der Waals surface area contributed by atoms with E-state index in [1.54, 1.807) is 36.5 Å². The van der Waals surface area contributed by atoms with Gasteiger partial charge in [-0.15, -0.1) is 0 Å². The highest BCUT2D eigenvalue weighted by molar-refractivity contribution is 6.00. The predicted molar refractivity (Wildman–Crippen MR) is 78.8 cm³/mol. The van der Waals surface area contributed by atoms with Crippen LogP contribution >= 0.6 is 0 Å². The average molecular weight is 298 g/mol. The Morgan fingerprint density at radius 2 is 2.05 bits per heavy atom. The zero-order chi connectivity index (χ0) is 15.5. The number of aromatic nitrogens is 1. The summed E-state index contributed by atoms with van der Waals surface area (Å²) in [5.41, 5.74) is 2.42. The lowest BCUT2D eigenvalue weighted by molar-refractivity contribution is -0.116. The van der Waals surface area contributed by atoms with Crippen molar-refractivity contribution in [3.05, 3.63) is 53.3 Å². The zero-order valence-corrected chi connectivity index (χ0v) is 11.7. The number of ketones is 1. The molecule has 0 unspecified atom stereocenters. The fourth-order valence-electron chi connectivity index (χ4n) is 2.31. The van der Waals surface area contributed by atoms with Crippen molar-refractivity contribution < 1.29 is 19.1 Å². The molecule has 1 aliphatic rings. The second kappa shape index (κ2) is 5.85. The van der Waals surface area contributed by atoms with Gasteiger partial charge in [-0.1, -0.05) is 0 Å². The maximum Gasteiger partial charge on any atom is 0.355 e. The third-order valence-corrected chi connectivity index (χ3v) is 3.47. The molecule has 0 fully saturated rings. The lowest BCUT2D eigenvalue weighted by atomic mass is 9.99. The quantitative estimate of drug-likeness (QED) is 0.667. The number of esters is 1. The van der Waals surface area contributed by atoms with E-state index in [0.29, 0.717) is 24.1 Å². The Kier molecular flexibility index (Phi) is 3.74. The molecular weight excluding hydrogens is 284 g/mol. The van der Waals surface area contributed by atoms with Crippen LogP contribution in [0.5, 0.6) is 0 Å². The van der Waals surface area contributed by atoms with Crippen LogP contribution in [0.15, 0.2) is 36.5 Å². The molecule has 2 heterocycles. The van der Waals surface area contributed by atoms with Gasteiger partial charge in [0.15, 0.2) is 12.4 Å². The van der Waals surface area contributed by atoms with Crippen LogP contribution in [0.25, 0.3) is 0 Å². The van der Waals surface area contributed by atoms with Crippen LogP contribution in [-0.2, 0) is 16.0 Å². The molecule has 1 aromatic heterocycles. The van der Waals surface area contributed by atoms with E-state index >= 15 is 0 Å². The summed E-state index contributed by atoms with van der Waals surface area (Å²) in [6.07, 6.45) is 2.62. The molecule has 0 bridgehead atoms. The topological polar surface area (TPSA) is 88.3 Å². The zero-order valence-electron chi connectivity index (χ0n) is 11.7. The predicted octanol–water partition coefficient (Wildman–Crippen LogP) is 1.94. The molecular formula is C16H14N2O4. The van der Waals surface area contributed by atoms with Gasteiger partial charge in [0.2, 0.25) is 5.91 Å². The van der Waals surface area contributed by atoms with Crippen molar-refractivity contribution >= 4 is 23.3 Å². The first kappa shape index (κ1) is 14.1. The standard InChI is InChI=1S/C16H14N2O4/c19-14(9-22-16(21)13-2-1-7-17-13)11-3-5-12-10(8-11)4-6-15(20)18-12/h1-3,5,7-8,17H,4,6,9H2,(H,18,20). The highest BCUT2D eigenvalue weighted by atomic mass is 16.5. The van der Waals surface area contributed by atoms with E-state index in [1.807, 2.05) is 0 Å². The highest BCUT2D eigenvalue weighted by Crippen LogP contribution is 2.23. The summed E-state index contributed by atoms with van der Waals surface area (Å²) >= 11 is 0. The van der Waals surface area contributed by atoms with E-state index in [1.165, 1.54) is 0 Å². The number of carbonyl (C=O) groups is 3. The Labute approximate surface area is 126 Å². The lowest BCUT2D eigenvalue weighted by Crippen LogP contribution is -2.20. The van der Waals surface area contributed by atoms with Gasteiger partial charge in [0.1, 0.15) is 5.69 Å². The number of carbonyl (C=O) groups excluding carboxylic acids is 3. The number of H-pyrrole nitrogens is 1. The van der Waals surface area contributed by atoms with Gasteiger partial charge in [0, 0.05) is 23.9 Å². The maximum absolute atomic E-state index is 12.1. The van der Waals surface area contributed by atoms with Crippen LogP contribution in [0.4, 0.5) is 5.69 Å². The van der Waals surface area contributed by atoms with Crippen molar-refractivity contribution in [1.29, 1.82) is 0 Å². The first-order valence-corrected chi connectivity index (χ1v) is 6.90. The van der Waals surface area contributed by atoms with E-state index in [-0.39, 0.29) is 18.3 Å². The number of amides is 1. The fourth-order valence-corrected chi connectivity index (χ4v) is 2.31. The number of anilines is 1. The fraction of sp³-hybridized carbons (Fsp3) is 0.188. The maximum atomic E-state index is 12.1. The van der Waals surface area contributed by atoms with Gasteiger partial charge in [-0.25, -0.2) is 4.79 Å². The van der Waals surface area contributed by atoms with E-state index in [9.17, 15) is 14.4 Å². The molecule has 0 radical (unpaired) electrons. The SMILES string of the molecule is O=C1CCc2cc(C(=O)COC(=O)c3ccc[nH]3)ccc2N1. The molecule has 112 valence electrons. The number of aryl methyl sites for hydroxylation is 1. The molecule has 22 heavy (non-hydrogen) atoms. The molecule has 6 heteroatoms. The third kappa shape index (κ3) is 2.90. The van der Waals surface area contributed by atoms with Crippen LogP contribution in [0.1, 0.15) is 32.8 Å². The summed E-state index contributed by atoms with van der Waals surface area (Å²) < 4.78 is 4.97. The summed E-state index contributed by atoms with van der Waals surface area (Å²) in [5.74, 6) is -0.866. The molecule has 0 atom stereocenters. The molecule has 1 aliphatic heterocycles. The number of fused-ring (bicyclic) bond motifs is 1. The molecule has 3 rings (SSSR count). The number of rotatable bonds is 4. The van der Waals surface area contributed by atoms with Crippen molar-refractivity contribution in [2.45, 2.75) is 12.8 Å². The van der Waals surface area contributed by atoms with Gasteiger partial charge in [-0.3, -0.25) is 9.59 Å². The van der Waals surface area contributed by atoms with Crippen LogP contribution in [0, 0.1) is 0 Å². The van der Waals surface area contributed by atoms with E-state index in [2.05, 4.69) is 10.3 Å². The minimum atomic E-state index is -0.566. The smallest absolute Gasteiger partial charge is 0.355 e. The van der Waals surface area contributed by atoms with Crippen LogP contribution < -0.4 is 5.32 Å². The lowest BCUT2D eigenvalue weighted by Gasteiger charge is -2.17. The van der Waals surface area contributed by atoms with Gasteiger partial charge in [0.05, 0.1) is 0 Å². The Bertz CT molecular complexity index is 735. The molecule has 0 spiro atoms. The summed E-state index contributed by atoms with van der Waals surface area (Å²) in [6, 6.07) is 8.31. The molecule has 6 nitrogen and oxygen atoms in total. The molecule has 0 aliphatic carbocycles. The summed E-state index contributed by atoms with van der Waals surface area (Å²) in [4.78, 5) is 37.8. The second-order valence-corrected chi connectivity index (χ2v) is 5.00. The summed E-state index contributed by atoms with van der Waals surface area (Å²) in [7, 11) is 0. The molecule has 2 aromatic rings. The van der Waals surface area contributed by atoms with E-state index < -0.39 is 5.97 Å². The average Bonchev–Trinajstić information content (AvgIpc) is 3.06. The number of nitrogens with one attached hydrogen (secondary N) is 2.